The van der Waals surface area contributed by atoms with Gasteiger partial charge in [-0.05, 0) is 63.2 Å². The maximum atomic E-state index is 12.2. The summed E-state index contributed by atoms with van der Waals surface area (Å²) in [5.41, 5.74) is 0.880. The van der Waals surface area contributed by atoms with Gasteiger partial charge in [0.05, 0.1) is 0 Å². The number of ether oxygens (including phenoxy) is 1. The first-order chi connectivity index (χ1) is 10.1. The Balaban J connectivity index is 1.81. The molecule has 1 spiro atoms. The first-order valence-corrected chi connectivity index (χ1v) is 8.94. The van der Waals surface area contributed by atoms with Crippen LogP contribution in [-0.2, 0) is 9.53 Å². The van der Waals surface area contributed by atoms with Crippen molar-refractivity contribution in [3.8, 4) is 0 Å². The predicted molar refractivity (Wildman–Crippen MR) is 85.0 cm³/mol. The van der Waals surface area contributed by atoms with Gasteiger partial charge in [0, 0.05) is 5.57 Å². The largest absolute Gasteiger partial charge is 0.455 e. The van der Waals surface area contributed by atoms with Crippen LogP contribution in [0.1, 0.15) is 84.0 Å². The summed E-state index contributed by atoms with van der Waals surface area (Å²) < 4.78 is 6.15. The molecule has 0 heterocycles. The third kappa shape index (κ3) is 2.91. The summed E-state index contributed by atoms with van der Waals surface area (Å²) >= 11 is 0. The van der Waals surface area contributed by atoms with Gasteiger partial charge in [0.2, 0.25) is 0 Å². The average Bonchev–Trinajstić information content (AvgIpc) is 3.09. The molecule has 3 fully saturated rings. The molecule has 0 aromatic heterocycles. The van der Waals surface area contributed by atoms with Crippen LogP contribution < -0.4 is 0 Å². The number of esters is 1. The molecule has 0 N–H and O–H groups in total. The summed E-state index contributed by atoms with van der Waals surface area (Å²) in [7, 11) is 0. The maximum absolute atomic E-state index is 12.2. The van der Waals surface area contributed by atoms with E-state index in [2.05, 4.69) is 6.58 Å². The molecule has 3 aliphatic rings. The molecule has 0 aromatic rings. The second-order valence-electron chi connectivity index (χ2n) is 7.95. The first-order valence-electron chi connectivity index (χ1n) is 8.94. The van der Waals surface area contributed by atoms with Crippen LogP contribution in [0.25, 0.3) is 0 Å². The van der Waals surface area contributed by atoms with Crippen LogP contribution in [0.15, 0.2) is 12.2 Å². The minimum absolute atomic E-state index is 0.157. The van der Waals surface area contributed by atoms with E-state index in [9.17, 15) is 4.79 Å². The van der Waals surface area contributed by atoms with Crippen LogP contribution in [0.2, 0.25) is 0 Å². The third-order valence-corrected chi connectivity index (χ3v) is 6.41. The molecule has 2 heteroatoms. The molecule has 3 aliphatic carbocycles. The second-order valence-corrected chi connectivity index (χ2v) is 7.95. The molecule has 0 aliphatic heterocycles. The number of hydrogen-bond acceptors (Lipinski definition) is 2. The van der Waals surface area contributed by atoms with Gasteiger partial charge in [-0.25, -0.2) is 4.79 Å². The fourth-order valence-corrected chi connectivity index (χ4v) is 5.26. The number of carbonyl (C=O) groups is 1. The van der Waals surface area contributed by atoms with Crippen LogP contribution in [-0.4, -0.2) is 11.6 Å². The van der Waals surface area contributed by atoms with E-state index in [1.165, 1.54) is 64.2 Å². The first kappa shape index (κ1) is 15.1. The van der Waals surface area contributed by atoms with E-state index >= 15 is 0 Å². The highest BCUT2D eigenvalue weighted by atomic mass is 16.6. The lowest BCUT2D eigenvalue weighted by Gasteiger charge is -2.40. The number of hydrogen-bond donors (Lipinski definition) is 0. The van der Waals surface area contributed by atoms with E-state index in [0.717, 1.165) is 12.8 Å². The molecule has 0 amide bonds. The molecule has 0 bridgehead atoms. The van der Waals surface area contributed by atoms with Gasteiger partial charge in [-0.15, -0.1) is 0 Å². The predicted octanol–water partition coefficient (Wildman–Crippen LogP) is 5.17. The molecule has 1 unspecified atom stereocenters. The van der Waals surface area contributed by atoms with Crippen molar-refractivity contribution in [2.75, 3.05) is 0 Å². The quantitative estimate of drug-likeness (QED) is 0.529. The Morgan fingerprint density at radius 3 is 2.29 bits per heavy atom. The fourth-order valence-electron chi connectivity index (χ4n) is 5.26. The van der Waals surface area contributed by atoms with Crippen LogP contribution in [0.4, 0.5) is 0 Å². The van der Waals surface area contributed by atoms with Gasteiger partial charge < -0.3 is 4.74 Å². The van der Waals surface area contributed by atoms with E-state index in [1.54, 1.807) is 6.92 Å². The van der Waals surface area contributed by atoms with Gasteiger partial charge >= 0.3 is 5.97 Å². The Hall–Kier alpha value is -0.790. The highest BCUT2D eigenvalue weighted by Gasteiger charge is 2.54. The molecule has 21 heavy (non-hydrogen) atoms. The Morgan fingerprint density at radius 2 is 1.67 bits per heavy atom. The monoisotopic (exact) mass is 290 g/mol. The highest BCUT2D eigenvalue weighted by Crippen LogP contribution is 2.59. The van der Waals surface area contributed by atoms with Crippen molar-refractivity contribution in [3.05, 3.63) is 12.2 Å². The summed E-state index contributed by atoms with van der Waals surface area (Å²) in [5, 5.41) is 0. The molecule has 1 atom stereocenters. The SMILES string of the molecule is C=C(C)C(=O)OC1(C2CCCCC2)CCC2(CCCC2)C1. The van der Waals surface area contributed by atoms with Crippen molar-refractivity contribution in [1.29, 1.82) is 0 Å². The standard InChI is InChI=1S/C19H30O2/c1-15(2)17(20)21-19(16-8-4-3-5-9-16)13-12-18(14-19)10-6-7-11-18/h16H,1,3-14H2,2H3. The molecule has 0 aromatic carbocycles. The smallest absolute Gasteiger partial charge is 0.333 e. The topological polar surface area (TPSA) is 26.3 Å². The molecule has 118 valence electrons. The van der Waals surface area contributed by atoms with E-state index in [-0.39, 0.29) is 11.6 Å². The van der Waals surface area contributed by atoms with Crippen LogP contribution in [0, 0.1) is 11.3 Å². The molecular weight excluding hydrogens is 260 g/mol. The molecule has 3 saturated carbocycles. The minimum Gasteiger partial charge on any atom is -0.455 e. The van der Waals surface area contributed by atoms with E-state index in [0.29, 0.717) is 16.9 Å². The Kier molecular flexibility index (Phi) is 4.16. The van der Waals surface area contributed by atoms with Gasteiger partial charge in [0.25, 0.3) is 0 Å². The normalized spacial score (nSPS) is 32.4. The van der Waals surface area contributed by atoms with E-state index in [1.807, 2.05) is 0 Å². The highest BCUT2D eigenvalue weighted by molar-refractivity contribution is 5.87. The number of rotatable bonds is 3. The Bertz CT molecular complexity index is 413. The molecule has 0 saturated heterocycles. The van der Waals surface area contributed by atoms with Crippen LogP contribution in [0.5, 0.6) is 0 Å². The lowest BCUT2D eigenvalue weighted by molar-refractivity contribution is -0.163. The summed E-state index contributed by atoms with van der Waals surface area (Å²) in [5.74, 6) is 0.435. The van der Waals surface area contributed by atoms with Gasteiger partial charge in [-0.1, -0.05) is 38.7 Å². The second kappa shape index (κ2) is 5.78. The van der Waals surface area contributed by atoms with Crippen molar-refractivity contribution >= 4 is 5.97 Å². The lowest BCUT2D eigenvalue weighted by Crippen LogP contribution is -2.42. The third-order valence-electron chi connectivity index (χ3n) is 6.41. The van der Waals surface area contributed by atoms with Crippen LogP contribution in [0.3, 0.4) is 0 Å². The fraction of sp³-hybridized carbons (Fsp3) is 0.842. The molecule has 3 rings (SSSR count). The Morgan fingerprint density at radius 1 is 1.00 bits per heavy atom. The summed E-state index contributed by atoms with van der Waals surface area (Å²) in [6.07, 6.45) is 15.4. The van der Waals surface area contributed by atoms with Gasteiger partial charge in [0.15, 0.2) is 0 Å². The van der Waals surface area contributed by atoms with Gasteiger partial charge in [-0.3, -0.25) is 0 Å². The van der Waals surface area contributed by atoms with Crippen molar-refractivity contribution < 1.29 is 9.53 Å². The molecule has 2 nitrogen and oxygen atoms in total. The number of carbonyl (C=O) groups excluding carboxylic acids is 1. The lowest BCUT2D eigenvalue weighted by atomic mass is 9.73. The van der Waals surface area contributed by atoms with Crippen molar-refractivity contribution in [1.82, 2.24) is 0 Å². The molecule has 0 radical (unpaired) electrons. The van der Waals surface area contributed by atoms with E-state index < -0.39 is 0 Å². The maximum Gasteiger partial charge on any atom is 0.333 e. The van der Waals surface area contributed by atoms with Crippen molar-refractivity contribution in [3.63, 3.8) is 0 Å². The minimum atomic E-state index is -0.166. The van der Waals surface area contributed by atoms with Crippen molar-refractivity contribution in [2.45, 2.75) is 89.6 Å². The Labute approximate surface area is 129 Å². The zero-order valence-corrected chi connectivity index (χ0v) is 13.6. The average molecular weight is 290 g/mol. The van der Waals surface area contributed by atoms with Gasteiger partial charge in [0.1, 0.15) is 5.60 Å². The zero-order chi connectivity index (χ0) is 14.9. The van der Waals surface area contributed by atoms with Crippen molar-refractivity contribution in [2.24, 2.45) is 11.3 Å². The summed E-state index contributed by atoms with van der Waals surface area (Å²) in [4.78, 5) is 12.2. The van der Waals surface area contributed by atoms with Gasteiger partial charge in [-0.2, -0.15) is 0 Å². The summed E-state index contributed by atoms with van der Waals surface area (Å²) in [6, 6.07) is 0. The van der Waals surface area contributed by atoms with E-state index in [4.69, 9.17) is 4.74 Å². The summed E-state index contributed by atoms with van der Waals surface area (Å²) in [6.45, 7) is 5.56. The molecular formula is C19H30O2. The zero-order valence-electron chi connectivity index (χ0n) is 13.6. The van der Waals surface area contributed by atoms with Crippen LogP contribution >= 0.6 is 0 Å².